The zero-order valence-corrected chi connectivity index (χ0v) is 15.1. The molecule has 0 radical (unpaired) electrons. The van der Waals surface area contributed by atoms with Crippen LogP contribution in [0.15, 0.2) is 42.5 Å². The number of nitrogens with zero attached hydrogens (tertiary/aromatic N) is 5. The van der Waals surface area contributed by atoms with Crippen molar-refractivity contribution in [2.75, 3.05) is 37.6 Å². The van der Waals surface area contributed by atoms with Crippen LogP contribution in [0.25, 0.3) is 0 Å². The third-order valence-corrected chi connectivity index (χ3v) is 4.54. The van der Waals surface area contributed by atoms with E-state index in [1.165, 1.54) is 0 Å². The number of piperazine rings is 1. The molecule has 1 saturated heterocycles. The van der Waals surface area contributed by atoms with Crippen molar-refractivity contribution in [3.63, 3.8) is 0 Å². The number of hydrogen-bond acceptors (Lipinski definition) is 5. The van der Waals surface area contributed by atoms with Gasteiger partial charge in [-0.1, -0.05) is 18.2 Å². The van der Waals surface area contributed by atoms with Gasteiger partial charge in [-0.25, -0.2) is 0 Å². The molecule has 0 spiro atoms. The first-order valence-electron chi connectivity index (χ1n) is 8.81. The number of carbonyl (C=O) groups excluding carboxylic acids is 2. The molecule has 0 unspecified atom stereocenters. The van der Waals surface area contributed by atoms with Gasteiger partial charge < -0.3 is 14.7 Å². The monoisotopic (exact) mass is 353 g/mol. The zero-order chi connectivity index (χ0) is 18.5. The molecule has 3 rings (SSSR count). The van der Waals surface area contributed by atoms with E-state index in [-0.39, 0.29) is 11.8 Å². The van der Waals surface area contributed by atoms with Gasteiger partial charge in [-0.05, 0) is 31.2 Å². The standard InChI is InChI=1S/C19H23N5O2/c1-3-24(16-7-5-4-6-8-16)18-10-9-17(20-21-18)19(26)23-13-11-22(12-14-23)15(2)25/h4-10H,3,11-14H2,1-2H3. The van der Waals surface area contributed by atoms with E-state index in [9.17, 15) is 9.59 Å². The number of amides is 2. The molecule has 0 bridgehead atoms. The Balaban J connectivity index is 1.69. The Bertz CT molecular complexity index is 755. The minimum absolute atomic E-state index is 0.0433. The second kappa shape index (κ2) is 7.95. The Morgan fingerprint density at radius 3 is 2.15 bits per heavy atom. The number of hydrogen-bond donors (Lipinski definition) is 0. The molecule has 0 aliphatic carbocycles. The lowest BCUT2D eigenvalue weighted by Crippen LogP contribution is -2.50. The van der Waals surface area contributed by atoms with E-state index in [0.29, 0.717) is 37.7 Å². The smallest absolute Gasteiger partial charge is 0.274 e. The van der Waals surface area contributed by atoms with Gasteiger partial charge >= 0.3 is 0 Å². The summed E-state index contributed by atoms with van der Waals surface area (Å²) in [5, 5.41) is 8.39. The molecule has 1 aliphatic heterocycles. The number of aromatic nitrogens is 2. The van der Waals surface area contributed by atoms with E-state index >= 15 is 0 Å². The summed E-state index contributed by atoms with van der Waals surface area (Å²) in [4.78, 5) is 29.5. The van der Waals surface area contributed by atoms with Crippen molar-refractivity contribution in [2.24, 2.45) is 0 Å². The Morgan fingerprint density at radius 1 is 0.962 bits per heavy atom. The maximum absolute atomic E-state index is 12.6. The van der Waals surface area contributed by atoms with Crippen LogP contribution in [-0.2, 0) is 4.79 Å². The quantitative estimate of drug-likeness (QED) is 0.840. The highest BCUT2D eigenvalue weighted by molar-refractivity contribution is 5.92. The van der Waals surface area contributed by atoms with Crippen LogP contribution in [0.2, 0.25) is 0 Å². The van der Waals surface area contributed by atoms with Crippen molar-refractivity contribution in [1.82, 2.24) is 20.0 Å². The fourth-order valence-electron chi connectivity index (χ4n) is 3.05. The van der Waals surface area contributed by atoms with Crippen LogP contribution in [-0.4, -0.2) is 64.5 Å². The molecule has 2 amide bonds. The van der Waals surface area contributed by atoms with Crippen LogP contribution in [0, 0.1) is 0 Å². The topological polar surface area (TPSA) is 69.6 Å². The summed E-state index contributed by atoms with van der Waals surface area (Å²) in [5.74, 6) is 0.605. The van der Waals surface area contributed by atoms with Gasteiger partial charge in [-0.15, -0.1) is 10.2 Å². The minimum atomic E-state index is -0.144. The number of benzene rings is 1. The third-order valence-electron chi connectivity index (χ3n) is 4.54. The lowest BCUT2D eigenvalue weighted by Gasteiger charge is -2.34. The second-order valence-corrected chi connectivity index (χ2v) is 6.15. The van der Waals surface area contributed by atoms with E-state index < -0.39 is 0 Å². The van der Waals surface area contributed by atoms with Crippen LogP contribution < -0.4 is 4.90 Å². The van der Waals surface area contributed by atoms with Crippen molar-refractivity contribution in [2.45, 2.75) is 13.8 Å². The predicted octanol–water partition coefficient (Wildman–Crippen LogP) is 1.94. The summed E-state index contributed by atoms with van der Waals surface area (Å²) in [6.07, 6.45) is 0. The van der Waals surface area contributed by atoms with Crippen molar-refractivity contribution in [1.29, 1.82) is 0 Å². The van der Waals surface area contributed by atoms with Crippen molar-refractivity contribution < 1.29 is 9.59 Å². The van der Waals surface area contributed by atoms with Gasteiger partial charge in [0, 0.05) is 45.3 Å². The summed E-state index contributed by atoms with van der Waals surface area (Å²) in [6, 6.07) is 13.5. The highest BCUT2D eigenvalue weighted by Crippen LogP contribution is 2.22. The zero-order valence-electron chi connectivity index (χ0n) is 15.1. The SMILES string of the molecule is CCN(c1ccccc1)c1ccc(C(=O)N2CCN(C(C)=O)CC2)nn1. The second-order valence-electron chi connectivity index (χ2n) is 6.15. The first kappa shape index (κ1) is 17.8. The molecule has 136 valence electrons. The number of carbonyl (C=O) groups is 2. The normalized spacial score (nSPS) is 14.2. The van der Waals surface area contributed by atoms with Crippen LogP contribution in [0.3, 0.4) is 0 Å². The molecule has 1 aromatic carbocycles. The van der Waals surface area contributed by atoms with Crippen LogP contribution >= 0.6 is 0 Å². The van der Waals surface area contributed by atoms with Crippen LogP contribution in [0.5, 0.6) is 0 Å². The van der Waals surface area contributed by atoms with Gasteiger partial charge in [0.05, 0.1) is 0 Å². The highest BCUT2D eigenvalue weighted by Gasteiger charge is 2.24. The third kappa shape index (κ3) is 3.82. The maximum atomic E-state index is 12.6. The van der Waals surface area contributed by atoms with E-state index in [1.807, 2.05) is 48.2 Å². The fraction of sp³-hybridized carbons (Fsp3) is 0.368. The molecule has 0 N–H and O–H groups in total. The lowest BCUT2D eigenvalue weighted by molar-refractivity contribution is -0.130. The summed E-state index contributed by atoms with van der Waals surface area (Å²) in [5.41, 5.74) is 1.36. The fourth-order valence-corrected chi connectivity index (χ4v) is 3.05. The number of anilines is 2. The summed E-state index contributed by atoms with van der Waals surface area (Å²) < 4.78 is 0. The lowest BCUT2D eigenvalue weighted by atomic mass is 10.2. The number of rotatable bonds is 4. The molecule has 0 saturated carbocycles. The van der Waals surface area contributed by atoms with E-state index in [2.05, 4.69) is 10.2 Å². The molecule has 7 nitrogen and oxygen atoms in total. The van der Waals surface area contributed by atoms with Gasteiger partial charge in [0.1, 0.15) is 0 Å². The Morgan fingerprint density at radius 2 is 1.62 bits per heavy atom. The average Bonchev–Trinajstić information content (AvgIpc) is 2.69. The highest BCUT2D eigenvalue weighted by atomic mass is 16.2. The Hall–Kier alpha value is -2.96. The molecule has 2 aromatic rings. The minimum Gasteiger partial charge on any atom is -0.339 e. The number of para-hydroxylation sites is 1. The van der Waals surface area contributed by atoms with Crippen molar-refractivity contribution in [3.05, 3.63) is 48.2 Å². The largest absolute Gasteiger partial charge is 0.339 e. The van der Waals surface area contributed by atoms with Gasteiger partial charge in [0.2, 0.25) is 5.91 Å². The van der Waals surface area contributed by atoms with E-state index in [0.717, 1.165) is 12.2 Å². The molecule has 7 heteroatoms. The van der Waals surface area contributed by atoms with Gasteiger partial charge in [-0.3, -0.25) is 9.59 Å². The van der Waals surface area contributed by atoms with Gasteiger partial charge in [0.15, 0.2) is 11.5 Å². The Kier molecular flexibility index (Phi) is 5.46. The Labute approximate surface area is 153 Å². The molecule has 0 atom stereocenters. The molecule has 26 heavy (non-hydrogen) atoms. The summed E-state index contributed by atoms with van der Waals surface area (Å²) >= 11 is 0. The molecular weight excluding hydrogens is 330 g/mol. The first-order chi connectivity index (χ1) is 12.6. The summed E-state index contributed by atoms with van der Waals surface area (Å²) in [7, 11) is 0. The van der Waals surface area contributed by atoms with Gasteiger partial charge in [0.25, 0.3) is 5.91 Å². The molecular formula is C19H23N5O2. The summed E-state index contributed by atoms with van der Waals surface area (Å²) in [6.45, 7) is 6.50. The van der Waals surface area contributed by atoms with Crippen molar-refractivity contribution in [3.8, 4) is 0 Å². The van der Waals surface area contributed by atoms with Crippen molar-refractivity contribution >= 4 is 23.3 Å². The first-order valence-corrected chi connectivity index (χ1v) is 8.81. The average molecular weight is 353 g/mol. The van der Waals surface area contributed by atoms with Crippen LogP contribution in [0.1, 0.15) is 24.3 Å². The molecule has 2 heterocycles. The van der Waals surface area contributed by atoms with Gasteiger partial charge in [-0.2, -0.15) is 0 Å². The van der Waals surface area contributed by atoms with E-state index in [1.54, 1.807) is 22.8 Å². The molecule has 1 aromatic heterocycles. The van der Waals surface area contributed by atoms with Crippen LogP contribution in [0.4, 0.5) is 11.5 Å². The predicted molar refractivity (Wildman–Crippen MR) is 99.3 cm³/mol. The molecule has 1 fully saturated rings. The molecule has 1 aliphatic rings. The van der Waals surface area contributed by atoms with E-state index in [4.69, 9.17) is 0 Å². The maximum Gasteiger partial charge on any atom is 0.274 e.